The summed E-state index contributed by atoms with van der Waals surface area (Å²) in [6.45, 7) is 3.91. The van der Waals surface area contributed by atoms with E-state index in [1.54, 1.807) is 49.4 Å². The highest BCUT2D eigenvalue weighted by molar-refractivity contribution is 7.87. The molecular weight excluding hydrogens is 376 g/mol. The first kappa shape index (κ1) is 19.9. The van der Waals surface area contributed by atoms with Crippen molar-refractivity contribution in [3.63, 3.8) is 0 Å². The molecule has 3 aromatic carbocycles. The number of aryl methyl sites for hydroxylation is 1. The number of carbonyl (C=O) groups is 1. The van der Waals surface area contributed by atoms with Crippen molar-refractivity contribution < 1.29 is 22.1 Å². The lowest BCUT2D eigenvalue weighted by Crippen LogP contribution is -2.10. The largest absolute Gasteiger partial charge is 0.493 e. The maximum atomic E-state index is 12.9. The Hall–Kier alpha value is -2.86. The molecule has 0 spiro atoms. The minimum Gasteiger partial charge on any atom is -0.493 e. The molecule has 0 heterocycles. The Kier molecular flexibility index (Phi) is 5.99. The standard InChI is InChI=1S/C22H22O5S/c1-3-26-21-14-15-22(20-7-5-4-6-19(20)21)28(24,25)27-18-12-10-17(11-13-18)9-8-16(2)23/h4-7,10-15H,3,8-9H2,1-2H3. The van der Waals surface area contributed by atoms with Crippen molar-refractivity contribution in [1.29, 1.82) is 0 Å². The van der Waals surface area contributed by atoms with E-state index >= 15 is 0 Å². The molecule has 0 aliphatic carbocycles. The van der Waals surface area contributed by atoms with Crippen LogP contribution in [0, 0.1) is 0 Å². The number of ketones is 1. The summed E-state index contributed by atoms with van der Waals surface area (Å²) in [4.78, 5) is 11.2. The monoisotopic (exact) mass is 398 g/mol. The Balaban J connectivity index is 1.89. The number of fused-ring (bicyclic) bond motifs is 1. The van der Waals surface area contributed by atoms with Crippen molar-refractivity contribution >= 4 is 26.7 Å². The number of carbonyl (C=O) groups excluding carboxylic acids is 1. The first-order chi connectivity index (χ1) is 13.4. The normalized spacial score (nSPS) is 11.4. The molecule has 28 heavy (non-hydrogen) atoms. The second kappa shape index (κ2) is 8.44. The molecule has 0 fully saturated rings. The predicted molar refractivity (Wildman–Crippen MR) is 108 cm³/mol. The third-order valence-electron chi connectivity index (χ3n) is 4.31. The molecule has 0 aliphatic rings. The third kappa shape index (κ3) is 4.51. The SMILES string of the molecule is CCOc1ccc(S(=O)(=O)Oc2ccc(CCC(C)=O)cc2)c2ccccc12. The first-order valence-corrected chi connectivity index (χ1v) is 10.5. The van der Waals surface area contributed by atoms with E-state index in [-0.39, 0.29) is 16.4 Å². The zero-order valence-electron chi connectivity index (χ0n) is 15.8. The van der Waals surface area contributed by atoms with Crippen LogP contribution in [-0.4, -0.2) is 20.8 Å². The Morgan fingerprint density at radius 2 is 1.61 bits per heavy atom. The Bertz CT molecular complexity index is 1090. The summed E-state index contributed by atoms with van der Waals surface area (Å²) in [7, 11) is -4.02. The molecule has 0 atom stereocenters. The summed E-state index contributed by atoms with van der Waals surface area (Å²) in [5.74, 6) is 0.974. The highest BCUT2D eigenvalue weighted by atomic mass is 32.2. The topological polar surface area (TPSA) is 69.7 Å². The maximum absolute atomic E-state index is 12.9. The fourth-order valence-electron chi connectivity index (χ4n) is 2.95. The van der Waals surface area contributed by atoms with Crippen LogP contribution >= 0.6 is 0 Å². The predicted octanol–water partition coefficient (Wildman–Crippen LogP) is 4.53. The fourth-order valence-corrected chi connectivity index (χ4v) is 4.08. The zero-order valence-corrected chi connectivity index (χ0v) is 16.7. The first-order valence-electron chi connectivity index (χ1n) is 9.08. The lowest BCUT2D eigenvalue weighted by atomic mass is 10.1. The van der Waals surface area contributed by atoms with Crippen LogP contribution in [0.2, 0.25) is 0 Å². The van der Waals surface area contributed by atoms with Gasteiger partial charge in [-0.1, -0.05) is 36.4 Å². The highest BCUT2D eigenvalue weighted by Gasteiger charge is 2.21. The second-order valence-corrected chi connectivity index (χ2v) is 7.94. The van der Waals surface area contributed by atoms with Crippen molar-refractivity contribution in [3.8, 4) is 11.5 Å². The van der Waals surface area contributed by atoms with Crippen LogP contribution < -0.4 is 8.92 Å². The van der Waals surface area contributed by atoms with Gasteiger partial charge in [0, 0.05) is 17.2 Å². The molecular formula is C22H22O5S. The Morgan fingerprint density at radius 3 is 2.25 bits per heavy atom. The van der Waals surface area contributed by atoms with Crippen molar-refractivity contribution in [2.45, 2.75) is 31.6 Å². The molecule has 0 amide bonds. The van der Waals surface area contributed by atoms with E-state index in [2.05, 4.69) is 0 Å². The summed E-state index contributed by atoms with van der Waals surface area (Å²) in [5.41, 5.74) is 0.950. The van der Waals surface area contributed by atoms with E-state index < -0.39 is 10.1 Å². The summed E-state index contributed by atoms with van der Waals surface area (Å²) in [6.07, 6.45) is 1.07. The van der Waals surface area contributed by atoms with Crippen LogP contribution in [-0.2, 0) is 21.3 Å². The zero-order chi connectivity index (χ0) is 20.1. The van der Waals surface area contributed by atoms with Gasteiger partial charge in [-0.05, 0) is 50.1 Å². The summed E-state index contributed by atoms with van der Waals surface area (Å²) < 4.78 is 36.7. The van der Waals surface area contributed by atoms with Crippen molar-refractivity contribution in [3.05, 3.63) is 66.2 Å². The smallest absolute Gasteiger partial charge is 0.339 e. The molecule has 3 rings (SSSR count). The summed E-state index contributed by atoms with van der Waals surface area (Å²) in [5, 5.41) is 1.26. The van der Waals surface area contributed by atoms with Gasteiger partial charge in [-0.2, -0.15) is 8.42 Å². The molecule has 0 N–H and O–H groups in total. The Morgan fingerprint density at radius 1 is 0.929 bits per heavy atom. The molecule has 0 saturated carbocycles. The molecule has 0 aromatic heterocycles. The highest BCUT2D eigenvalue weighted by Crippen LogP contribution is 2.32. The van der Waals surface area contributed by atoms with Gasteiger partial charge in [0.05, 0.1) is 6.61 Å². The fraction of sp³-hybridized carbons (Fsp3) is 0.227. The van der Waals surface area contributed by atoms with E-state index in [9.17, 15) is 13.2 Å². The lowest BCUT2D eigenvalue weighted by Gasteiger charge is -2.13. The number of rotatable bonds is 8. The van der Waals surface area contributed by atoms with Crippen LogP contribution in [0.1, 0.15) is 25.8 Å². The van der Waals surface area contributed by atoms with E-state index in [4.69, 9.17) is 8.92 Å². The minimum atomic E-state index is -4.02. The molecule has 0 saturated heterocycles. The van der Waals surface area contributed by atoms with E-state index in [1.165, 1.54) is 6.07 Å². The molecule has 0 unspecified atom stereocenters. The summed E-state index contributed by atoms with van der Waals surface area (Å²) >= 11 is 0. The number of ether oxygens (including phenoxy) is 1. The molecule has 6 heteroatoms. The molecule has 3 aromatic rings. The average molecular weight is 398 g/mol. The molecule has 0 aliphatic heterocycles. The van der Waals surface area contributed by atoms with Gasteiger partial charge < -0.3 is 13.7 Å². The lowest BCUT2D eigenvalue weighted by molar-refractivity contribution is -0.116. The Labute approximate surface area is 165 Å². The van der Waals surface area contributed by atoms with Gasteiger partial charge in [-0.15, -0.1) is 0 Å². The van der Waals surface area contributed by atoms with Crippen molar-refractivity contribution in [2.24, 2.45) is 0 Å². The molecule has 0 bridgehead atoms. The van der Waals surface area contributed by atoms with Gasteiger partial charge in [0.1, 0.15) is 22.2 Å². The molecule has 5 nitrogen and oxygen atoms in total. The number of hydrogen-bond donors (Lipinski definition) is 0. The van der Waals surface area contributed by atoms with Crippen LogP contribution in [0.5, 0.6) is 11.5 Å². The number of hydrogen-bond acceptors (Lipinski definition) is 5. The summed E-state index contributed by atoms with van der Waals surface area (Å²) in [6, 6.07) is 17.1. The number of Topliss-reactive ketones (excluding diaryl/α,β-unsaturated/α-hetero) is 1. The second-order valence-electron chi connectivity index (χ2n) is 6.42. The van der Waals surface area contributed by atoms with Crippen molar-refractivity contribution in [2.75, 3.05) is 6.61 Å². The molecule has 0 radical (unpaired) electrons. The van der Waals surface area contributed by atoms with E-state index in [1.807, 2.05) is 19.1 Å². The number of benzene rings is 3. The molecule has 146 valence electrons. The van der Waals surface area contributed by atoms with Crippen LogP contribution in [0.4, 0.5) is 0 Å². The van der Waals surface area contributed by atoms with Gasteiger partial charge in [0.25, 0.3) is 0 Å². The van der Waals surface area contributed by atoms with Crippen LogP contribution in [0.25, 0.3) is 10.8 Å². The van der Waals surface area contributed by atoms with Gasteiger partial charge in [-0.25, -0.2) is 0 Å². The third-order valence-corrected chi connectivity index (χ3v) is 5.61. The van der Waals surface area contributed by atoms with Crippen molar-refractivity contribution in [1.82, 2.24) is 0 Å². The quantitative estimate of drug-likeness (QED) is 0.522. The average Bonchev–Trinajstić information content (AvgIpc) is 2.67. The maximum Gasteiger partial charge on any atom is 0.339 e. The van der Waals surface area contributed by atoms with Gasteiger partial charge in [-0.3, -0.25) is 0 Å². The van der Waals surface area contributed by atoms with Gasteiger partial charge in [0.15, 0.2) is 0 Å². The minimum absolute atomic E-state index is 0.0900. The van der Waals surface area contributed by atoms with Crippen LogP contribution in [0.15, 0.2) is 65.6 Å². The van der Waals surface area contributed by atoms with Gasteiger partial charge in [0.2, 0.25) is 0 Å². The van der Waals surface area contributed by atoms with E-state index in [0.717, 1.165) is 5.56 Å². The van der Waals surface area contributed by atoms with E-state index in [0.29, 0.717) is 36.0 Å². The van der Waals surface area contributed by atoms with Crippen LogP contribution in [0.3, 0.4) is 0 Å². The van der Waals surface area contributed by atoms with Gasteiger partial charge >= 0.3 is 10.1 Å².